The van der Waals surface area contributed by atoms with Gasteiger partial charge in [-0.25, -0.2) is 0 Å². The third-order valence-electron chi connectivity index (χ3n) is 2.99. The van der Waals surface area contributed by atoms with Gasteiger partial charge < -0.3 is 0 Å². The molecule has 0 aliphatic heterocycles. The lowest BCUT2D eigenvalue weighted by Gasteiger charge is -2.10. The van der Waals surface area contributed by atoms with E-state index in [2.05, 4.69) is 6.07 Å². The van der Waals surface area contributed by atoms with Crippen LogP contribution in [0.3, 0.4) is 0 Å². The Morgan fingerprint density at radius 1 is 0.938 bits per heavy atom. The van der Waals surface area contributed by atoms with Gasteiger partial charge in [0, 0.05) is 5.56 Å². The van der Waals surface area contributed by atoms with Crippen LogP contribution in [0.5, 0.6) is 0 Å². The molecule has 80 valence electrons. The average molecular weight is 210 g/mol. The molecule has 2 aromatic carbocycles. The minimum atomic E-state index is 0.797. The molecule has 2 aromatic rings. The molecule has 16 heavy (non-hydrogen) atoms. The van der Waals surface area contributed by atoms with E-state index in [0.717, 1.165) is 34.1 Å². The highest BCUT2D eigenvalue weighted by Crippen LogP contribution is 2.26. The van der Waals surface area contributed by atoms with Gasteiger partial charge in [-0.15, -0.1) is 0 Å². The number of hydrogen-bond acceptors (Lipinski definition) is 1. The normalized spacial score (nSPS) is 10.1. The van der Waals surface area contributed by atoms with Crippen molar-refractivity contribution in [3.05, 3.63) is 59.2 Å². The molecule has 0 unspecified atom stereocenters. The van der Waals surface area contributed by atoms with Gasteiger partial charge in [-0.05, 0) is 36.1 Å². The first kappa shape index (κ1) is 10.6. The van der Waals surface area contributed by atoms with Crippen LogP contribution in [-0.4, -0.2) is 6.29 Å². The molecule has 0 radical (unpaired) electrons. The molecule has 0 spiro atoms. The van der Waals surface area contributed by atoms with Crippen molar-refractivity contribution in [3.8, 4) is 11.1 Å². The van der Waals surface area contributed by atoms with Crippen LogP contribution in [0, 0.1) is 13.8 Å². The summed E-state index contributed by atoms with van der Waals surface area (Å²) in [5, 5.41) is 0. The van der Waals surface area contributed by atoms with E-state index >= 15 is 0 Å². The molecule has 0 fully saturated rings. The van der Waals surface area contributed by atoms with Crippen LogP contribution >= 0.6 is 0 Å². The van der Waals surface area contributed by atoms with Crippen molar-refractivity contribution in [1.82, 2.24) is 0 Å². The molecule has 0 bridgehead atoms. The molecule has 0 N–H and O–H groups in total. The summed E-state index contributed by atoms with van der Waals surface area (Å²) in [5.41, 5.74) is 5.12. The summed E-state index contributed by atoms with van der Waals surface area (Å²) in [7, 11) is 0. The van der Waals surface area contributed by atoms with Crippen LogP contribution in [0.25, 0.3) is 11.1 Å². The summed E-state index contributed by atoms with van der Waals surface area (Å²) in [6.07, 6.45) is 0.949. The highest BCUT2D eigenvalue weighted by molar-refractivity contribution is 5.89. The van der Waals surface area contributed by atoms with Gasteiger partial charge >= 0.3 is 0 Å². The Morgan fingerprint density at radius 2 is 1.62 bits per heavy atom. The predicted octanol–water partition coefficient (Wildman–Crippen LogP) is 3.78. The highest BCUT2D eigenvalue weighted by Gasteiger charge is 2.08. The summed E-state index contributed by atoms with van der Waals surface area (Å²) in [5.74, 6) is 0. The van der Waals surface area contributed by atoms with E-state index < -0.39 is 0 Å². The molecule has 1 heteroatoms. The number of aryl methyl sites for hydroxylation is 1. The second-order valence-corrected chi connectivity index (χ2v) is 3.95. The van der Waals surface area contributed by atoms with Gasteiger partial charge in [0.1, 0.15) is 0 Å². The summed E-state index contributed by atoms with van der Waals surface area (Å²) in [6, 6.07) is 14.1. The van der Waals surface area contributed by atoms with Gasteiger partial charge in [0.25, 0.3) is 0 Å². The Hall–Kier alpha value is -1.89. The average Bonchev–Trinajstić information content (AvgIpc) is 2.33. The molecule has 0 amide bonds. The second kappa shape index (κ2) is 4.31. The Balaban J connectivity index is 2.67. The highest BCUT2D eigenvalue weighted by atomic mass is 16.1. The van der Waals surface area contributed by atoms with Crippen molar-refractivity contribution < 1.29 is 4.79 Å². The molecule has 0 aromatic heterocycles. The van der Waals surface area contributed by atoms with E-state index in [0.29, 0.717) is 0 Å². The standard InChI is InChI=1S/C15H14O/c1-11-8-9-14(15(10-16)12(11)2)13-6-4-3-5-7-13/h3-10H,1-2H3. The number of benzene rings is 2. The summed E-state index contributed by atoms with van der Waals surface area (Å²) in [6.45, 7) is 4.02. The number of carbonyl (C=O) groups is 1. The lowest BCUT2D eigenvalue weighted by atomic mass is 9.94. The summed E-state index contributed by atoms with van der Waals surface area (Å²) in [4.78, 5) is 11.2. The monoisotopic (exact) mass is 210 g/mol. The molecule has 1 nitrogen and oxygen atoms in total. The lowest BCUT2D eigenvalue weighted by molar-refractivity contribution is 0.112. The molecule has 0 aliphatic carbocycles. The van der Waals surface area contributed by atoms with Crippen molar-refractivity contribution in [1.29, 1.82) is 0 Å². The van der Waals surface area contributed by atoms with Gasteiger partial charge in [0.15, 0.2) is 6.29 Å². The van der Waals surface area contributed by atoms with Crippen LogP contribution in [-0.2, 0) is 0 Å². The number of hydrogen-bond donors (Lipinski definition) is 0. The maximum Gasteiger partial charge on any atom is 0.150 e. The minimum absolute atomic E-state index is 0.797. The molecule has 0 heterocycles. The van der Waals surface area contributed by atoms with Crippen molar-refractivity contribution in [3.63, 3.8) is 0 Å². The van der Waals surface area contributed by atoms with E-state index in [1.807, 2.05) is 50.2 Å². The molecule has 0 atom stereocenters. The fourth-order valence-corrected chi connectivity index (χ4v) is 1.86. The number of rotatable bonds is 2. The zero-order valence-corrected chi connectivity index (χ0v) is 9.53. The fourth-order valence-electron chi connectivity index (χ4n) is 1.86. The van der Waals surface area contributed by atoms with Gasteiger partial charge in [-0.1, -0.05) is 42.5 Å². The smallest absolute Gasteiger partial charge is 0.150 e. The zero-order chi connectivity index (χ0) is 11.5. The summed E-state index contributed by atoms with van der Waals surface area (Å²) < 4.78 is 0. The largest absolute Gasteiger partial charge is 0.298 e. The van der Waals surface area contributed by atoms with Gasteiger partial charge in [-0.3, -0.25) is 4.79 Å². The molecule has 0 saturated carbocycles. The van der Waals surface area contributed by atoms with Gasteiger partial charge in [0.05, 0.1) is 0 Å². The molecular formula is C15H14O. The molecule has 0 aliphatic rings. The van der Waals surface area contributed by atoms with E-state index in [4.69, 9.17) is 0 Å². The van der Waals surface area contributed by atoms with E-state index in [-0.39, 0.29) is 0 Å². The first-order chi connectivity index (χ1) is 7.74. The maximum absolute atomic E-state index is 11.2. The van der Waals surface area contributed by atoms with Crippen molar-refractivity contribution in [2.24, 2.45) is 0 Å². The molecule has 2 rings (SSSR count). The first-order valence-corrected chi connectivity index (χ1v) is 5.35. The van der Waals surface area contributed by atoms with E-state index in [9.17, 15) is 4.79 Å². The Morgan fingerprint density at radius 3 is 2.25 bits per heavy atom. The lowest BCUT2D eigenvalue weighted by Crippen LogP contribution is -1.94. The molecule has 0 saturated heterocycles. The predicted molar refractivity (Wildman–Crippen MR) is 66.7 cm³/mol. The third kappa shape index (κ3) is 1.76. The van der Waals surface area contributed by atoms with Crippen LogP contribution < -0.4 is 0 Å². The number of carbonyl (C=O) groups excluding carboxylic acids is 1. The van der Waals surface area contributed by atoms with Crippen LogP contribution in [0.1, 0.15) is 21.5 Å². The SMILES string of the molecule is Cc1ccc(-c2ccccc2)c(C=O)c1C. The van der Waals surface area contributed by atoms with Crippen molar-refractivity contribution >= 4 is 6.29 Å². The van der Waals surface area contributed by atoms with E-state index in [1.54, 1.807) is 0 Å². The molecular weight excluding hydrogens is 196 g/mol. The van der Waals surface area contributed by atoms with Crippen molar-refractivity contribution in [2.45, 2.75) is 13.8 Å². The van der Waals surface area contributed by atoms with Crippen LogP contribution in [0.15, 0.2) is 42.5 Å². The van der Waals surface area contributed by atoms with Gasteiger partial charge in [0.2, 0.25) is 0 Å². The zero-order valence-electron chi connectivity index (χ0n) is 9.53. The van der Waals surface area contributed by atoms with E-state index in [1.165, 1.54) is 0 Å². The maximum atomic E-state index is 11.2. The third-order valence-corrected chi connectivity index (χ3v) is 2.99. The first-order valence-electron chi connectivity index (χ1n) is 5.35. The quantitative estimate of drug-likeness (QED) is 0.689. The fraction of sp³-hybridized carbons (Fsp3) is 0.133. The second-order valence-electron chi connectivity index (χ2n) is 3.95. The number of aldehydes is 1. The van der Waals surface area contributed by atoms with Crippen LogP contribution in [0.4, 0.5) is 0 Å². The van der Waals surface area contributed by atoms with Crippen LogP contribution in [0.2, 0.25) is 0 Å². The Bertz CT molecular complexity index is 512. The minimum Gasteiger partial charge on any atom is -0.298 e. The van der Waals surface area contributed by atoms with Crippen molar-refractivity contribution in [2.75, 3.05) is 0 Å². The van der Waals surface area contributed by atoms with Gasteiger partial charge in [-0.2, -0.15) is 0 Å². The topological polar surface area (TPSA) is 17.1 Å². The summed E-state index contributed by atoms with van der Waals surface area (Å²) >= 11 is 0. The Labute approximate surface area is 95.7 Å². The Kier molecular flexibility index (Phi) is 2.86.